The Morgan fingerprint density at radius 3 is 2.21 bits per heavy atom. The van der Waals surface area contributed by atoms with Gasteiger partial charge in [0.05, 0.1) is 5.41 Å². The number of benzene rings is 1. The van der Waals surface area contributed by atoms with Crippen molar-refractivity contribution in [2.24, 2.45) is 11.1 Å². The molecule has 1 aromatic carbocycles. The van der Waals surface area contributed by atoms with Crippen molar-refractivity contribution in [2.75, 3.05) is 18.5 Å². The summed E-state index contributed by atoms with van der Waals surface area (Å²) < 4.78 is 5.11. The van der Waals surface area contributed by atoms with Crippen LogP contribution in [0.4, 0.5) is 10.5 Å². The molecule has 0 spiro atoms. The average Bonchev–Trinajstić information content (AvgIpc) is 2.55. The highest BCUT2D eigenvalue weighted by molar-refractivity contribution is 5.89. The van der Waals surface area contributed by atoms with Crippen LogP contribution in [0.2, 0.25) is 0 Å². The van der Waals surface area contributed by atoms with Gasteiger partial charge in [-0.2, -0.15) is 0 Å². The fraction of sp³-hybridized carbons (Fsp3) is 0.438. The van der Waals surface area contributed by atoms with Crippen molar-refractivity contribution in [2.45, 2.75) is 26.7 Å². The molecule has 8 heteroatoms. The van der Waals surface area contributed by atoms with E-state index in [0.29, 0.717) is 24.3 Å². The third-order valence-corrected chi connectivity index (χ3v) is 3.89. The quantitative estimate of drug-likeness (QED) is 0.543. The lowest BCUT2D eigenvalue weighted by atomic mass is 9.82. The number of ether oxygens (including phenoxy) is 1. The molecule has 5 N–H and O–H groups in total. The number of nitrogens with two attached hydrogens (primary N) is 1. The van der Waals surface area contributed by atoms with E-state index in [2.05, 4.69) is 10.6 Å². The zero-order valence-corrected chi connectivity index (χ0v) is 13.8. The molecule has 0 saturated carbocycles. The standard InChI is InChI=1S/C16H23N3O5/c1-3-16(4-2,14(21)22)10-18-15(23)19-11-5-7-12(8-6-11)24-9-13(17)20/h5-8H,3-4,9-10H2,1-2H3,(H2,17,20)(H,21,22)(H2,18,19,23). The number of carboxylic acids is 1. The van der Waals surface area contributed by atoms with Crippen LogP contribution in [-0.2, 0) is 9.59 Å². The van der Waals surface area contributed by atoms with Gasteiger partial charge in [-0.25, -0.2) is 4.79 Å². The molecule has 0 fully saturated rings. The number of amides is 3. The minimum atomic E-state index is -0.968. The average molecular weight is 337 g/mol. The smallest absolute Gasteiger partial charge is 0.319 e. The summed E-state index contributed by atoms with van der Waals surface area (Å²) in [6.45, 7) is 3.38. The Morgan fingerprint density at radius 2 is 1.75 bits per heavy atom. The highest BCUT2D eigenvalue weighted by Gasteiger charge is 2.35. The zero-order chi connectivity index (χ0) is 18.2. The summed E-state index contributed by atoms with van der Waals surface area (Å²) in [5.74, 6) is -1.06. The monoisotopic (exact) mass is 337 g/mol. The van der Waals surface area contributed by atoms with Crippen molar-refractivity contribution < 1.29 is 24.2 Å². The number of primary amides is 1. The molecule has 0 radical (unpaired) electrons. The lowest BCUT2D eigenvalue weighted by Crippen LogP contribution is -2.43. The molecule has 0 heterocycles. The molecule has 0 bridgehead atoms. The second-order valence-corrected chi connectivity index (χ2v) is 5.38. The summed E-state index contributed by atoms with van der Waals surface area (Å²) >= 11 is 0. The van der Waals surface area contributed by atoms with Crippen LogP contribution in [-0.4, -0.2) is 36.2 Å². The van der Waals surface area contributed by atoms with Crippen molar-refractivity contribution in [3.8, 4) is 5.75 Å². The minimum absolute atomic E-state index is 0.0426. The molecule has 0 aliphatic heterocycles. The Balaban J connectivity index is 2.56. The number of urea groups is 1. The predicted octanol–water partition coefficient (Wildman–Crippen LogP) is 1.56. The molecule has 0 aliphatic carbocycles. The van der Waals surface area contributed by atoms with Crippen LogP contribution in [0.3, 0.4) is 0 Å². The van der Waals surface area contributed by atoms with Gasteiger partial charge in [-0.1, -0.05) is 13.8 Å². The number of rotatable bonds is 9. The third-order valence-electron chi connectivity index (χ3n) is 3.89. The summed E-state index contributed by atoms with van der Waals surface area (Å²) in [6.07, 6.45) is 0.843. The lowest BCUT2D eigenvalue weighted by Gasteiger charge is -2.26. The van der Waals surface area contributed by atoms with E-state index >= 15 is 0 Å². The van der Waals surface area contributed by atoms with Crippen LogP contribution < -0.4 is 21.1 Å². The van der Waals surface area contributed by atoms with Crippen LogP contribution >= 0.6 is 0 Å². The Labute approximate surface area is 140 Å². The Kier molecular flexibility index (Phi) is 7.03. The Hall–Kier alpha value is -2.77. The maximum atomic E-state index is 11.9. The maximum absolute atomic E-state index is 11.9. The first-order valence-electron chi connectivity index (χ1n) is 7.62. The second-order valence-electron chi connectivity index (χ2n) is 5.38. The van der Waals surface area contributed by atoms with Gasteiger partial charge in [0.2, 0.25) is 0 Å². The number of anilines is 1. The number of aliphatic carboxylic acids is 1. The van der Waals surface area contributed by atoms with Crippen LogP contribution in [0.25, 0.3) is 0 Å². The normalized spacial score (nSPS) is 10.8. The van der Waals surface area contributed by atoms with E-state index in [0.717, 1.165) is 0 Å². The highest BCUT2D eigenvalue weighted by atomic mass is 16.5. The molecule has 0 aromatic heterocycles. The van der Waals surface area contributed by atoms with Gasteiger partial charge in [0, 0.05) is 12.2 Å². The van der Waals surface area contributed by atoms with Gasteiger partial charge in [0.15, 0.2) is 6.61 Å². The topological polar surface area (TPSA) is 131 Å². The highest BCUT2D eigenvalue weighted by Crippen LogP contribution is 2.25. The van der Waals surface area contributed by atoms with E-state index < -0.39 is 23.3 Å². The summed E-state index contributed by atoms with van der Waals surface area (Å²) in [7, 11) is 0. The maximum Gasteiger partial charge on any atom is 0.319 e. The summed E-state index contributed by atoms with van der Waals surface area (Å²) in [4.78, 5) is 33.9. The van der Waals surface area contributed by atoms with Crippen molar-refractivity contribution in [1.29, 1.82) is 0 Å². The molecule has 1 aromatic rings. The zero-order valence-electron chi connectivity index (χ0n) is 13.8. The molecule has 132 valence electrons. The van der Waals surface area contributed by atoms with E-state index in [1.807, 2.05) is 0 Å². The van der Waals surface area contributed by atoms with Gasteiger partial charge < -0.3 is 26.2 Å². The summed E-state index contributed by atoms with van der Waals surface area (Å²) in [5, 5.41) is 14.5. The number of carboxylic acid groups (broad SMARTS) is 1. The van der Waals surface area contributed by atoms with Gasteiger partial charge in [-0.15, -0.1) is 0 Å². The van der Waals surface area contributed by atoms with E-state index in [4.69, 9.17) is 10.5 Å². The number of hydrogen-bond acceptors (Lipinski definition) is 4. The fourth-order valence-corrected chi connectivity index (χ4v) is 2.09. The number of carbonyl (C=O) groups is 3. The summed E-state index contributed by atoms with van der Waals surface area (Å²) in [6, 6.07) is 5.87. The molecule has 24 heavy (non-hydrogen) atoms. The van der Waals surface area contributed by atoms with Gasteiger partial charge in [0.25, 0.3) is 5.91 Å². The van der Waals surface area contributed by atoms with E-state index in [1.165, 1.54) is 0 Å². The Bertz CT molecular complexity index is 582. The molecule has 1 rings (SSSR count). The molecular weight excluding hydrogens is 314 g/mol. The first-order chi connectivity index (χ1) is 11.3. The molecular formula is C16H23N3O5. The lowest BCUT2D eigenvalue weighted by molar-refractivity contribution is -0.149. The first-order valence-corrected chi connectivity index (χ1v) is 7.62. The van der Waals surface area contributed by atoms with E-state index in [-0.39, 0.29) is 13.2 Å². The minimum Gasteiger partial charge on any atom is -0.484 e. The van der Waals surface area contributed by atoms with E-state index in [1.54, 1.807) is 38.1 Å². The van der Waals surface area contributed by atoms with Gasteiger partial charge in [-0.05, 0) is 37.1 Å². The SMILES string of the molecule is CCC(CC)(CNC(=O)Nc1ccc(OCC(N)=O)cc1)C(=O)O. The van der Waals surface area contributed by atoms with Gasteiger partial charge >= 0.3 is 12.0 Å². The largest absolute Gasteiger partial charge is 0.484 e. The van der Waals surface area contributed by atoms with Crippen molar-refractivity contribution in [3.63, 3.8) is 0 Å². The molecule has 0 atom stereocenters. The predicted molar refractivity (Wildman–Crippen MR) is 88.8 cm³/mol. The summed E-state index contributed by atoms with van der Waals surface area (Å²) in [5.41, 5.74) is 4.52. The molecule has 0 saturated heterocycles. The molecule has 0 unspecified atom stereocenters. The van der Waals surface area contributed by atoms with Crippen molar-refractivity contribution in [3.05, 3.63) is 24.3 Å². The number of carbonyl (C=O) groups excluding carboxylic acids is 2. The Morgan fingerprint density at radius 1 is 1.17 bits per heavy atom. The third kappa shape index (κ3) is 5.45. The molecule has 3 amide bonds. The van der Waals surface area contributed by atoms with Crippen LogP contribution in [0.1, 0.15) is 26.7 Å². The molecule has 0 aliphatic rings. The fourth-order valence-electron chi connectivity index (χ4n) is 2.09. The second kappa shape index (κ2) is 8.76. The van der Waals surface area contributed by atoms with E-state index in [9.17, 15) is 19.5 Å². The van der Waals surface area contributed by atoms with Crippen LogP contribution in [0.15, 0.2) is 24.3 Å². The van der Waals surface area contributed by atoms with Crippen LogP contribution in [0.5, 0.6) is 5.75 Å². The number of hydrogen-bond donors (Lipinski definition) is 4. The van der Waals surface area contributed by atoms with Crippen molar-refractivity contribution in [1.82, 2.24) is 5.32 Å². The first kappa shape index (κ1) is 19.3. The van der Waals surface area contributed by atoms with Gasteiger partial charge in [-0.3, -0.25) is 9.59 Å². The van der Waals surface area contributed by atoms with Crippen molar-refractivity contribution >= 4 is 23.6 Å². The van der Waals surface area contributed by atoms with Gasteiger partial charge in [0.1, 0.15) is 5.75 Å². The molecule has 8 nitrogen and oxygen atoms in total. The number of nitrogens with one attached hydrogen (secondary N) is 2. The van der Waals surface area contributed by atoms with Crippen LogP contribution in [0, 0.1) is 5.41 Å².